The molecular weight excluding hydrogens is 246 g/mol. The molecule has 20 heavy (non-hydrogen) atoms. The van der Waals surface area contributed by atoms with Crippen LogP contribution >= 0.6 is 0 Å². The Morgan fingerprint density at radius 3 is 2.80 bits per heavy atom. The molecule has 0 heterocycles. The Balaban J connectivity index is 1.40. The van der Waals surface area contributed by atoms with Crippen molar-refractivity contribution in [2.75, 3.05) is 6.54 Å². The zero-order valence-electron chi connectivity index (χ0n) is 12.5. The molecule has 2 N–H and O–H groups in total. The number of hydrogen-bond acceptors (Lipinski definition) is 2. The largest absolute Gasteiger partial charge is 0.393 e. The van der Waals surface area contributed by atoms with Gasteiger partial charge in [0.25, 0.3) is 0 Å². The molecule has 0 aromatic heterocycles. The number of rotatable bonds is 4. The highest BCUT2D eigenvalue weighted by atomic mass is 16.3. The molecule has 2 atom stereocenters. The molecule has 0 aliphatic heterocycles. The predicted molar refractivity (Wildman–Crippen MR) is 82.9 cm³/mol. The molecule has 3 rings (SSSR count). The third-order valence-electron chi connectivity index (χ3n) is 5.10. The summed E-state index contributed by atoms with van der Waals surface area (Å²) in [6.07, 6.45) is 7.01. The van der Waals surface area contributed by atoms with E-state index in [9.17, 15) is 5.11 Å². The summed E-state index contributed by atoms with van der Waals surface area (Å²) in [6, 6.07) is 9.64. The molecule has 2 unspecified atom stereocenters. The van der Waals surface area contributed by atoms with Crippen molar-refractivity contribution in [3.05, 3.63) is 35.4 Å². The van der Waals surface area contributed by atoms with Crippen molar-refractivity contribution in [1.82, 2.24) is 5.32 Å². The lowest BCUT2D eigenvalue weighted by atomic mass is 9.75. The summed E-state index contributed by atoms with van der Waals surface area (Å²) >= 11 is 0. The Morgan fingerprint density at radius 1 is 1.20 bits per heavy atom. The summed E-state index contributed by atoms with van der Waals surface area (Å²) in [7, 11) is 0. The fourth-order valence-electron chi connectivity index (χ4n) is 3.76. The lowest BCUT2D eigenvalue weighted by Gasteiger charge is -2.38. The van der Waals surface area contributed by atoms with Crippen LogP contribution in [0.25, 0.3) is 0 Å². The molecule has 1 aromatic rings. The van der Waals surface area contributed by atoms with Crippen molar-refractivity contribution in [3.63, 3.8) is 0 Å². The van der Waals surface area contributed by atoms with Crippen LogP contribution < -0.4 is 5.32 Å². The normalized spacial score (nSPS) is 33.7. The van der Waals surface area contributed by atoms with E-state index in [0.717, 1.165) is 25.3 Å². The smallest absolute Gasteiger partial charge is 0.0543 e. The number of hydrogen-bond donors (Lipinski definition) is 2. The first-order valence-electron chi connectivity index (χ1n) is 8.18. The van der Waals surface area contributed by atoms with Gasteiger partial charge in [0.1, 0.15) is 0 Å². The minimum Gasteiger partial charge on any atom is -0.393 e. The van der Waals surface area contributed by atoms with Gasteiger partial charge in [-0.2, -0.15) is 0 Å². The maximum atomic E-state index is 9.70. The van der Waals surface area contributed by atoms with E-state index in [1.165, 1.54) is 36.8 Å². The highest BCUT2D eigenvalue weighted by Gasteiger charge is 2.30. The molecule has 2 fully saturated rings. The lowest BCUT2D eigenvalue weighted by molar-refractivity contribution is 0.0976. The molecule has 0 bridgehead atoms. The lowest BCUT2D eigenvalue weighted by Crippen LogP contribution is -2.43. The molecule has 1 aromatic carbocycles. The van der Waals surface area contributed by atoms with Crippen LogP contribution in [0.4, 0.5) is 0 Å². The van der Waals surface area contributed by atoms with Crippen LogP contribution in [0.15, 0.2) is 24.3 Å². The fourth-order valence-corrected chi connectivity index (χ4v) is 3.76. The van der Waals surface area contributed by atoms with Crippen molar-refractivity contribution >= 4 is 0 Å². The second kappa shape index (κ2) is 6.28. The van der Waals surface area contributed by atoms with Crippen LogP contribution in [0.1, 0.15) is 55.6 Å². The number of benzene rings is 1. The first-order valence-corrected chi connectivity index (χ1v) is 8.18. The third-order valence-corrected chi connectivity index (χ3v) is 5.10. The number of aliphatic hydroxyl groups is 1. The molecule has 2 aliphatic rings. The van der Waals surface area contributed by atoms with Crippen LogP contribution in [-0.2, 0) is 0 Å². The Morgan fingerprint density at radius 2 is 2.05 bits per heavy atom. The van der Waals surface area contributed by atoms with Gasteiger partial charge in [-0.3, -0.25) is 0 Å². The molecule has 0 radical (unpaired) electrons. The van der Waals surface area contributed by atoms with Gasteiger partial charge >= 0.3 is 0 Å². The van der Waals surface area contributed by atoms with E-state index in [4.69, 9.17) is 0 Å². The van der Waals surface area contributed by atoms with E-state index in [2.05, 4.69) is 36.5 Å². The van der Waals surface area contributed by atoms with Crippen LogP contribution in [0, 0.1) is 12.8 Å². The van der Waals surface area contributed by atoms with E-state index in [0.29, 0.717) is 12.0 Å². The van der Waals surface area contributed by atoms with Crippen LogP contribution in [0.3, 0.4) is 0 Å². The number of aliphatic hydroxyl groups excluding tert-OH is 1. The second-order valence-corrected chi connectivity index (χ2v) is 6.87. The summed E-state index contributed by atoms with van der Waals surface area (Å²) in [5, 5.41) is 13.4. The monoisotopic (exact) mass is 273 g/mol. The third kappa shape index (κ3) is 3.42. The van der Waals surface area contributed by atoms with E-state index in [-0.39, 0.29) is 6.10 Å². The fraction of sp³-hybridized carbons (Fsp3) is 0.667. The molecular formula is C18H27NO. The average Bonchev–Trinajstić information content (AvgIpc) is 2.37. The quantitative estimate of drug-likeness (QED) is 0.881. The number of aryl methyl sites for hydroxylation is 1. The van der Waals surface area contributed by atoms with Gasteiger partial charge in [-0.15, -0.1) is 0 Å². The molecule has 2 heteroatoms. The summed E-state index contributed by atoms with van der Waals surface area (Å²) < 4.78 is 0. The Hall–Kier alpha value is -0.860. The minimum atomic E-state index is -0.0445. The van der Waals surface area contributed by atoms with Crippen molar-refractivity contribution in [3.8, 4) is 0 Å². The summed E-state index contributed by atoms with van der Waals surface area (Å²) in [6.45, 7) is 3.27. The molecule has 2 aliphatic carbocycles. The highest BCUT2D eigenvalue weighted by molar-refractivity contribution is 5.27. The highest BCUT2D eigenvalue weighted by Crippen LogP contribution is 2.37. The predicted octanol–water partition coefficient (Wildman–Crippen LogP) is 3.38. The van der Waals surface area contributed by atoms with Crippen LogP contribution in [0.5, 0.6) is 0 Å². The molecule has 110 valence electrons. The summed E-state index contributed by atoms with van der Waals surface area (Å²) in [5.74, 6) is 1.45. The Labute approximate surface area is 122 Å². The SMILES string of the molecule is Cc1cccc(C2CC(NCC3CCCC(O)C3)C2)c1. The zero-order valence-corrected chi connectivity index (χ0v) is 12.5. The van der Waals surface area contributed by atoms with Crippen LogP contribution in [-0.4, -0.2) is 23.8 Å². The maximum Gasteiger partial charge on any atom is 0.0543 e. The molecule has 2 nitrogen and oxygen atoms in total. The topological polar surface area (TPSA) is 32.3 Å². The van der Waals surface area contributed by atoms with Gasteiger partial charge in [0.05, 0.1) is 6.10 Å². The maximum absolute atomic E-state index is 9.70. The van der Waals surface area contributed by atoms with E-state index < -0.39 is 0 Å². The van der Waals surface area contributed by atoms with Gasteiger partial charge in [0.2, 0.25) is 0 Å². The summed E-state index contributed by atoms with van der Waals surface area (Å²) in [5.41, 5.74) is 2.88. The first kappa shape index (κ1) is 14.1. The van der Waals surface area contributed by atoms with Gasteiger partial charge in [0, 0.05) is 6.04 Å². The van der Waals surface area contributed by atoms with Crippen LogP contribution in [0.2, 0.25) is 0 Å². The Kier molecular flexibility index (Phi) is 4.42. The number of nitrogens with one attached hydrogen (secondary N) is 1. The zero-order chi connectivity index (χ0) is 13.9. The van der Waals surface area contributed by atoms with Crippen molar-refractivity contribution < 1.29 is 5.11 Å². The molecule has 0 amide bonds. The van der Waals surface area contributed by atoms with E-state index >= 15 is 0 Å². The van der Waals surface area contributed by atoms with Gasteiger partial charge in [-0.1, -0.05) is 36.2 Å². The molecule has 0 saturated heterocycles. The van der Waals surface area contributed by atoms with Crippen molar-refractivity contribution in [2.24, 2.45) is 5.92 Å². The summed E-state index contributed by atoms with van der Waals surface area (Å²) in [4.78, 5) is 0. The van der Waals surface area contributed by atoms with E-state index in [1.807, 2.05) is 0 Å². The minimum absolute atomic E-state index is 0.0445. The van der Waals surface area contributed by atoms with Gasteiger partial charge < -0.3 is 10.4 Å². The second-order valence-electron chi connectivity index (χ2n) is 6.87. The van der Waals surface area contributed by atoms with Gasteiger partial charge in [-0.25, -0.2) is 0 Å². The van der Waals surface area contributed by atoms with Gasteiger partial charge in [0.15, 0.2) is 0 Å². The average molecular weight is 273 g/mol. The molecule has 2 saturated carbocycles. The molecule has 0 spiro atoms. The van der Waals surface area contributed by atoms with Gasteiger partial charge in [-0.05, 0) is 63.0 Å². The Bertz CT molecular complexity index is 439. The standard InChI is InChI=1S/C18H27NO/c1-13-4-2-6-15(8-13)16-10-17(11-16)19-12-14-5-3-7-18(20)9-14/h2,4,6,8,14,16-20H,3,5,7,9-12H2,1H3. The van der Waals surface area contributed by atoms with E-state index in [1.54, 1.807) is 0 Å². The first-order chi connectivity index (χ1) is 9.70. The van der Waals surface area contributed by atoms with Crippen molar-refractivity contribution in [2.45, 2.75) is 63.5 Å². The van der Waals surface area contributed by atoms with Crippen molar-refractivity contribution in [1.29, 1.82) is 0 Å².